The van der Waals surface area contributed by atoms with Gasteiger partial charge in [-0.25, -0.2) is 0 Å². The molecule has 1 fully saturated rings. The lowest BCUT2D eigenvalue weighted by atomic mass is 10.1. The summed E-state index contributed by atoms with van der Waals surface area (Å²) in [6, 6.07) is 23.1. The van der Waals surface area contributed by atoms with Crippen LogP contribution in [-0.4, -0.2) is 56.6 Å². The van der Waals surface area contributed by atoms with Crippen molar-refractivity contribution in [1.82, 2.24) is 4.90 Å². The summed E-state index contributed by atoms with van der Waals surface area (Å²) in [5, 5.41) is 5.80. The number of anilines is 3. The average molecular weight is 473 g/mol. The molecule has 182 valence electrons. The zero-order valence-corrected chi connectivity index (χ0v) is 20.3. The molecule has 0 bridgehead atoms. The first kappa shape index (κ1) is 24.4. The highest BCUT2D eigenvalue weighted by molar-refractivity contribution is 6.10. The van der Waals surface area contributed by atoms with Gasteiger partial charge >= 0.3 is 0 Å². The lowest BCUT2D eigenvalue weighted by molar-refractivity contribution is -0.117. The summed E-state index contributed by atoms with van der Waals surface area (Å²) in [7, 11) is 1.91. The number of carbonyl (C=O) groups excluding carboxylic acids is 2. The number of benzene rings is 3. The molecule has 1 saturated heterocycles. The topological polar surface area (TPSA) is 73.9 Å². The standard InChI is InChI=1S/C28H32N4O3/c1-21-6-5-7-23(18-21)29-28(34)25-8-3-4-9-26(25)30-27(33)20-31(2)19-22-10-12-24(13-11-22)32-14-16-35-17-15-32/h3-13,18H,14-17,19-20H2,1-2H3,(H,29,34)(H,30,33). The molecule has 0 unspecified atom stereocenters. The van der Waals surface area contributed by atoms with Crippen LogP contribution in [0.2, 0.25) is 0 Å². The van der Waals surface area contributed by atoms with E-state index in [1.165, 1.54) is 5.69 Å². The number of rotatable bonds is 8. The van der Waals surface area contributed by atoms with Gasteiger partial charge in [-0.2, -0.15) is 0 Å². The van der Waals surface area contributed by atoms with E-state index < -0.39 is 0 Å². The molecule has 4 rings (SSSR count). The number of amides is 2. The van der Waals surface area contributed by atoms with E-state index >= 15 is 0 Å². The minimum atomic E-state index is -0.264. The fourth-order valence-corrected chi connectivity index (χ4v) is 4.15. The first-order valence-corrected chi connectivity index (χ1v) is 11.8. The van der Waals surface area contributed by atoms with Crippen molar-refractivity contribution in [1.29, 1.82) is 0 Å². The maximum atomic E-state index is 12.8. The summed E-state index contributed by atoms with van der Waals surface area (Å²) in [4.78, 5) is 29.9. The van der Waals surface area contributed by atoms with Crippen molar-refractivity contribution in [3.05, 3.63) is 89.5 Å². The Labute approximate surface area is 206 Å². The SMILES string of the molecule is Cc1cccc(NC(=O)c2ccccc2NC(=O)CN(C)Cc2ccc(N3CCOCC3)cc2)c1. The molecule has 1 heterocycles. The second-order valence-electron chi connectivity index (χ2n) is 8.86. The van der Waals surface area contributed by atoms with Crippen LogP contribution in [0.1, 0.15) is 21.5 Å². The summed E-state index contributed by atoms with van der Waals surface area (Å²) in [6.45, 7) is 6.16. The summed E-state index contributed by atoms with van der Waals surface area (Å²) >= 11 is 0. The Kier molecular flexibility index (Phi) is 8.13. The molecule has 0 atom stereocenters. The number of para-hydroxylation sites is 1. The van der Waals surface area contributed by atoms with Gasteiger partial charge in [0.15, 0.2) is 0 Å². The van der Waals surface area contributed by atoms with Gasteiger partial charge in [0.1, 0.15) is 0 Å². The maximum absolute atomic E-state index is 12.8. The fourth-order valence-electron chi connectivity index (χ4n) is 4.15. The fraction of sp³-hybridized carbons (Fsp3) is 0.286. The van der Waals surface area contributed by atoms with Gasteiger partial charge in [0, 0.05) is 31.0 Å². The van der Waals surface area contributed by atoms with Gasteiger partial charge in [0.05, 0.1) is 31.0 Å². The lowest BCUT2D eigenvalue weighted by Gasteiger charge is -2.29. The van der Waals surface area contributed by atoms with E-state index in [0.717, 1.165) is 43.1 Å². The minimum Gasteiger partial charge on any atom is -0.378 e. The molecule has 3 aromatic rings. The second kappa shape index (κ2) is 11.6. The number of hydrogen-bond acceptors (Lipinski definition) is 5. The van der Waals surface area contributed by atoms with E-state index in [-0.39, 0.29) is 18.4 Å². The third-order valence-electron chi connectivity index (χ3n) is 5.90. The number of nitrogens with one attached hydrogen (secondary N) is 2. The lowest BCUT2D eigenvalue weighted by Crippen LogP contribution is -2.36. The van der Waals surface area contributed by atoms with E-state index in [1.54, 1.807) is 24.3 Å². The van der Waals surface area contributed by atoms with Gasteiger partial charge in [-0.3, -0.25) is 14.5 Å². The summed E-state index contributed by atoms with van der Waals surface area (Å²) < 4.78 is 5.42. The number of nitrogens with zero attached hydrogens (tertiary/aromatic N) is 2. The molecule has 0 saturated carbocycles. The predicted octanol–water partition coefficient (Wildman–Crippen LogP) is 4.15. The molecule has 35 heavy (non-hydrogen) atoms. The molecular formula is C28H32N4O3. The highest BCUT2D eigenvalue weighted by Crippen LogP contribution is 2.19. The third-order valence-corrected chi connectivity index (χ3v) is 5.90. The largest absolute Gasteiger partial charge is 0.378 e. The molecule has 1 aliphatic rings. The van der Waals surface area contributed by atoms with E-state index in [1.807, 2.05) is 43.1 Å². The molecule has 2 N–H and O–H groups in total. The Bertz CT molecular complexity index is 1160. The van der Waals surface area contributed by atoms with E-state index in [4.69, 9.17) is 4.74 Å². The van der Waals surface area contributed by atoms with Crippen LogP contribution in [0, 0.1) is 6.92 Å². The Hall–Kier alpha value is -3.68. The molecule has 1 aliphatic heterocycles. The Morgan fingerprint density at radius 3 is 2.43 bits per heavy atom. The highest BCUT2D eigenvalue weighted by atomic mass is 16.5. The molecule has 2 amide bonds. The predicted molar refractivity (Wildman–Crippen MR) is 140 cm³/mol. The Balaban J connectivity index is 1.32. The quantitative estimate of drug-likeness (QED) is 0.515. The molecule has 3 aromatic carbocycles. The third kappa shape index (κ3) is 6.91. The number of morpholine rings is 1. The van der Waals surface area contributed by atoms with Crippen molar-refractivity contribution in [3.8, 4) is 0 Å². The monoisotopic (exact) mass is 472 g/mol. The van der Waals surface area contributed by atoms with E-state index in [9.17, 15) is 9.59 Å². The van der Waals surface area contributed by atoms with Gasteiger partial charge in [0.2, 0.25) is 5.91 Å². The van der Waals surface area contributed by atoms with E-state index in [0.29, 0.717) is 17.8 Å². The Morgan fingerprint density at radius 2 is 1.69 bits per heavy atom. The molecule has 7 nitrogen and oxygen atoms in total. The van der Waals surface area contributed by atoms with Crippen LogP contribution in [0.4, 0.5) is 17.1 Å². The molecule has 0 aliphatic carbocycles. The molecule has 7 heteroatoms. The number of carbonyl (C=O) groups is 2. The van der Waals surface area contributed by atoms with Gasteiger partial charge < -0.3 is 20.3 Å². The van der Waals surface area contributed by atoms with Crippen molar-refractivity contribution >= 4 is 28.9 Å². The van der Waals surface area contributed by atoms with Crippen LogP contribution in [0.5, 0.6) is 0 Å². The Morgan fingerprint density at radius 1 is 0.943 bits per heavy atom. The molecule has 0 radical (unpaired) electrons. The van der Waals surface area contributed by atoms with Crippen molar-refractivity contribution in [2.24, 2.45) is 0 Å². The second-order valence-corrected chi connectivity index (χ2v) is 8.86. The van der Waals surface area contributed by atoms with Gasteiger partial charge in [-0.15, -0.1) is 0 Å². The summed E-state index contributed by atoms with van der Waals surface area (Å²) in [5.74, 6) is -0.437. The zero-order chi connectivity index (χ0) is 24.6. The van der Waals surface area contributed by atoms with E-state index in [2.05, 4.69) is 39.8 Å². The van der Waals surface area contributed by atoms with Crippen LogP contribution in [0.3, 0.4) is 0 Å². The van der Waals surface area contributed by atoms with Crippen molar-refractivity contribution in [2.75, 3.05) is 55.4 Å². The maximum Gasteiger partial charge on any atom is 0.257 e. The summed E-state index contributed by atoms with van der Waals surface area (Å²) in [6.07, 6.45) is 0. The molecule has 0 aromatic heterocycles. The van der Waals surface area contributed by atoms with Gasteiger partial charge in [0.25, 0.3) is 5.91 Å². The van der Waals surface area contributed by atoms with Crippen molar-refractivity contribution in [2.45, 2.75) is 13.5 Å². The normalized spacial score (nSPS) is 13.5. The van der Waals surface area contributed by atoms with Crippen LogP contribution >= 0.6 is 0 Å². The number of likely N-dealkylation sites (N-methyl/N-ethyl adjacent to an activating group) is 1. The zero-order valence-electron chi connectivity index (χ0n) is 20.3. The highest BCUT2D eigenvalue weighted by Gasteiger charge is 2.15. The van der Waals surface area contributed by atoms with Gasteiger partial charge in [-0.05, 0) is 61.5 Å². The van der Waals surface area contributed by atoms with Crippen LogP contribution in [-0.2, 0) is 16.1 Å². The van der Waals surface area contributed by atoms with Crippen LogP contribution in [0.25, 0.3) is 0 Å². The smallest absolute Gasteiger partial charge is 0.257 e. The van der Waals surface area contributed by atoms with Crippen LogP contribution in [0.15, 0.2) is 72.8 Å². The minimum absolute atomic E-state index is 0.173. The van der Waals surface area contributed by atoms with Crippen LogP contribution < -0.4 is 15.5 Å². The van der Waals surface area contributed by atoms with Gasteiger partial charge in [-0.1, -0.05) is 36.4 Å². The van der Waals surface area contributed by atoms with Crippen molar-refractivity contribution in [3.63, 3.8) is 0 Å². The first-order chi connectivity index (χ1) is 17.0. The number of hydrogen-bond donors (Lipinski definition) is 2. The average Bonchev–Trinajstić information content (AvgIpc) is 2.85. The first-order valence-electron chi connectivity index (χ1n) is 11.8. The number of aryl methyl sites for hydroxylation is 1. The van der Waals surface area contributed by atoms with Crippen molar-refractivity contribution < 1.29 is 14.3 Å². The molecular weight excluding hydrogens is 440 g/mol. The number of ether oxygens (including phenoxy) is 1. The summed E-state index contributed by atoms with van der Waals surface area (Å²) in [5.41, 5.74) is 5.02. The molecule has 0 spiro atoms.